The molecule has 1 saturated heterocycles. The monoisotopic (exact) mass is 618 g/mol. The topological polar surface area (TPSA) is 21.3 Å². The quantitative estimate of drug-likeness (QED) is 0.299. The SMILES string of the molecule is C1CCCCCC1.C1CCCCCCC1.C1CCCCCCC1.CC(CCCC(C)(C)C)OCC1CCC2CCCCC2N1. The summed E-state index contributed by atoms with van der Waals surface area (Å²) in [6.07, 6.45) is 47.2. The van der Waals surface area contributed by atoms with Gasteiger partial charge in [-0.2, -0.15) is 0 Å². The molecule has 2 nitrogen and oxygen atoms in total. The molecule has 0 aromatic carbocycles. The Morgan fingerprint density at radius 3 is 1.30 bits per heavy atom. The Hall–Kier alpha value is -0.0800. The van der Waals surface area contributed by atoms with E-state index in [1.165, 1.54) is 205 Å². The molecule has 5 fully saturated rings. The molecule has 4 unspecified atom stereocenters. The lowest BCUT2D eigenvalue weighted by Crippen LogP contribution is -2.50. The van der Waals surface area contributed by atoms with Crippen molar-refractivity contribution in [2.45, 2.75) is 251 Å². The summed E-state index contributed by atoms with van der Waals surface area (Å²) in [5.74, 6) is 0.958. The first-order chi connectivity index (χ1) is 21.4. The number of piperidine rings is 1. The Bertz CT molecular complexity index is 528. The third kappa shape index (κ3) is 23.3. The molecule has 2 heteroatoms. The average Bonchev–Trinajstić information content (AvgIpc) is 3.29. The first kappa shape index (κ1) is 40.1. The minimum atomic E-state index is 0.415. The molecular formula is C42H83NO. The fraction of sp³-hybridized carbons (Fsp3) is 1.00. The molecule has 0 radical (unpaired) electrons. The molecule has 0 aromatic heterocycles. The molecule has 0 bridgehead atoms. The molecule has 4 atom stereocenters. The number of rotatable bonds is 6. The molecule has 4 saturated carbocycles. The highest BCUT2D eigenvalue weighted by molar-refractivity contribution is 4.89. The van der Waals surface area contributed by atoms with E-state index in [1.54, 1.807) is 0 Å². The maximum Gasteiger partial charge on any atom is 0.0623 e. The predicted octanol–water partition coefficient (Wildman–Crippen LogP) is 13.9. The fourth-order valence-corrected chi connectivity index (χ4v) is 8.05. The molecule has 0 amide bonds. The Labute approximate surface area is 278 Å². The Morgan fingerprint density at radius 1 is 0.523 bits per heavy atom. The van der Waals surface area contributed by atoms with Crippen LogP contribution in [0.25, 0.3) is 0 Å². The second-order valence-corrected chi connectivity index (χ2v) is 16.8. The van der Waals surface area contributed by atoms with Crippen LogP contribution in [-0.2, 0) is 4.74 Å². The van der Waals surface area contributed by atoms with Crippen LogP contribution in [0.4, 0.5) is 0 Å². The number of hydrogen-bond acceptors (Lipinski definition) is 2. The molecule has 44 heavy (non-hydrogen) atoms. The van der Waals surface area contributed by atoms with Gasteiger partial charge in [-0.3, -0.25) is 0 Å². The predicted molar refractivity (Wildman–Crippen MR) is 197 cm³/mol. The summed E-state index contributed by atoms with van der Waals surface area (Å²) < 4.78 is 6.11. The van der Waals surface area contributed by atoms with Crippen LogP contribution in [0.5, 0.6) is 0 Å². The van der Waals surface area contributed by atoms with Crippen LogP contribution >= 0.6 is 0 Å². The van der Waals surface area contributed by atoms with Crippen molar-refractivity contribution in [3.05, 3.63) is 0 Å². The van der Waals surface area contributed by atoms with E-state index in [2.05, 4.69) is 33.0 Å². The van der Waals surface area contributed by atoms with Crippen molar-refractivity contribution in [3.8, 4) is 0 Å². The van der Waals surface area contributed by atoms with E-state index in [-0.39, 0.29) is 0 Å². The number of nitrogens with one attached hydrogen (secondary N) is 1. The van der Waals surface area contributed by atoms with E-state index in [0.29, 0.717) is 17.6 Å². The summed E-state index contributed by atoms with van der Waals surface area (Å²) in [6.45, 7) is 10.1. The first-order valence-corrected chi connectivity index (χ1v) is 20.8. The summed E-state index contributed by atoms with van der Waals surface area (Å²) in [5.41, 5.74) is 0.459. The molecule has 1 aliphatic heterocycles. The van der Waals surface area contributed by atoms with E-state index < -0.39 is 0 Å². The number of hydrogen-bond donors (Lipinski definition) is 1. The van der Waals surface area contributed by atoms with Gasteiger partial charge in [0.15, 0.2) is 0 Å². The Morgan fingerprint density at radius 2 is 0.909 bits per heavy atom. The van der Waals surface area contributed by atoms with Crippen LogP contribution in [0.1, 0.15) is 233 Å². The molecule has 262 valence electrons. The second kappa shape index (κ2) is 26.9. The highest BCUT2D eigenvalue weighted by Gasteiger charge is 2.31. The smallest absolute Gasteiger partial charge is 0.0623 e. The van der Waals surface area contributed by atoms with E-state index in [4.69, 9.17) is 4.74 Å². The molecule has 1 N–H and O–H groups in total. The Kier molecular flexibility index (Phi) is 24.5. The maximum atomic E-state index is 6.11. The van der Waals surface area contributed by atoms with Crippen molar-refractivity contribution >= 4 is 0 Å². The van der Waals surface area contributed by atoms with Gasteiger partial charge in [0.2, 0.25) is 0 Å². The van der Waals surface area contributed by atoms with Gasteiger partial charge in [-0.15, -0.1) is 0 Å². The van der Waals surface area contributed by atoms with Crippen LogP contribution in [0.3, 0.4) is 0 Å². The van der Waals surface area contributed by atoms with Gasteiger partial charge in [-0.25, -0.2) is 0 Å². The average molecular weight is 618 g/mol. The molecule has 4 aliphatic carbocycles. The summed E-state index contributed by atoms with van der Waals surface area (Å²) in [4.78, 5) is 0. The zero-order valence-corrected chi connectivity index (χ0v) is 31.1. The summed E-state index contributed by atoms with van der Waals surface area (Å²) in [6, 6.07) is 1.40. The van der Waals surface area contributed by atoms with Crippen molar-refractivity contribution in [1.82, 2.24) is 5.32 Å². The van der Waals surface area contributed by atoms with E-state index in [0.717, 1.165) is 18.6 Å². The fourth-order valence-electron chi connectivity index (χ4n) is 8.05. The van der Waals surface area contributed by atoms with E-state index in [1.807, 2.05) is 0 Å². The zero-order valence-electron chi connectivity index (χ0n) is 31.1. The normalized spacial score (nSPS) is 27.7. The summed E-state index contributed by atoms with van der Waals surface area (Å²) >= 11 is 0. The van der Waals surface area contributed by atoms with E-state index in [9.17, 15) is 0 Å². The lowest BCUT2D eigenvalue weighted by Gasteiger charge is -2.40. The minimum Gasteiger partial charge on any atom is -0.377 e. The van der Waals surface area contributed by atoms with Crippen molar-refractivity contribution in [2.75, 3.05) is 6.61 Å². The minimum absolute atomic E-state index is 0.415. The highest BCUT2D eigenvalue weighted by Crippen LogP contribution is 2.32. The third-order valence-corrected chi connectivity index (χ3v) is 11.1. The second-order valence-electron chi connectivity index (χ2n) is 16.8. The lowest BCUT2D eigenvalue weighted by molar-refractivity contribution is 0.0245. The summed E-state index contributed by atoms with van der Waals surface area (Å²) in [7, 11) is 0. The standard InChI is InChI=1S/C19H37NO.2C8H16.C7H14/c1-15(8-7-13-19(2,3)4)21-14-17-12-11-16-9-5-6-10-18(16)20-17;2*1-2-4-6-8-7-5-3-1;1-2-4-6-7-5-3-1/h15-18,20H,5-14H2,1-4H3;2*1-8H2;1-7H2. The van der Waals surface area contributed by atoms with Crippen LogP contribution in [0.15, 0.2) is 0 Å². The maximum absolute atomic E-state index is 6.11. The van der Waals surface area contributed by atoms with Gasteiger partial charge in [0.05, 0.1) is 12.7 Å². The Balaban J connectivity index is 0.000000239. The van der Waals surface area contributed by atoms with Crippen LogP contribution in [0.2, 0.25) is 0 Å². The van der Waals surface area contributed by atoms with Crippen LogP contribution in [-0.4, -0.2) is 24.8 Å². The largest absolute Gasteiger partial charge is 0.377 e. The highest BCUT2D eigenvalue weighted by atomic mass is 16.5. The van der Waals surface area contributed by atoms with Gasteiger partial charge in [0, 0.05) is 12.1 Å². The number of fused-ring (bicyclic) bond motifs is 1. The lowest BCUT2D eigenvalue weighted by atomic mass is 9.78. The van der Waals surface area contributed by atoms with Gasteiger partial charge in [0.25, 0.3) is 0 Å². The molecule has 0 aromatic rings. The molecule has 5 rings (SSSR count). The molecule has 5 aliphatic rings. The molecule has 1 heterocycles. The van der Waals surface area contributed by atoms with Gasteiger partial charge in [0.1, 0.15) is 0 Å². The van der Waals surface area contributed by atoms with Gasteiger partial charge in [-0.1, -0.05) is 188 Å². The van der Waals surface area contributed by atoms with Crippen LogP contribution < -0.4 is 5.32 Å². The van der Waals surface area contributed by atoms with E-state index >= 15 is 0 Å². The zero-order chi connectivity index (χ0) is 31.6. The molecular weight excluding hydrogens is 534 g/mol. The van der Waals surface area contributed by atoms with Crippen molar-refractivity contribution in [3.63, 3.8) is 0 Å². The third-order valence-electron chi connectivity index (χ3n) is 11.1. The van der Waals surface area contributed by atoms with Crippen molar-refractivity contribution in [1.29, 1.82) is 0 Å². The van der Waals surface area contributed by atoms with Gasteiger partial charge < -0.3 is 10.1 Å². The van der Waals surface area contributed by atoms with Gasteiger partial charge in [-0.05, 0) is 56.8 Å². The first-order valence-electron chi connectivity index (χ1n) is 20.8. The van der Waals surface area contributed by atoms with Crippen molar-refractivity contribution in [2.24, 2.45) is 11.3 Å². The van der Waals surface area contributed by atoms with Crippen molar-refractivity contribution < 1.29 is 4.74 Å². The number of ether oxygens (including phenoxy) is 1. The summed E-state index contributed by atoms with van der Waals surface area (Å²) in [5, 5.41) is 3.87. The van der Waals surface area contributed by atoms with Gasteiger partial charge >= 0.3 is 0 Å². The van der Waals surface area contributed by atoms with Crippen LogP contribution in [0, 0.1) is 11.3 Å². The molecule has 0 spiro atoms.